The molecule has 126 valence electrons. The molecule has 3 rings (SSSR count). The summed E-state index contributed by atoms with van der Waals surface area (Å²) in [7, 11) is 0. The van der Waals surface area contributed by atoms with E-state index in [1.807, 2.05) is 13.0 Å². The van der Waals surface area contributed by atoms with Crippen LogP contribution in [-0.2, 0) is 9.59 Å². The predicted molar refractivity (Wildman–Crippen MR) is 87.0 cm³/mol. The molecule has 0 bridgehead atoms. The van der Waals surface area contributed by atoms with Gasteiger partial charge in [0, 0.05) is 12.0 Å². The molecule has 2 aliphatic heterocycles. The Labute approximate surface area is 140 Å². The van der Waals surface area contributed by atoms with Crippen molar-refractivity contribution in [2.45, 2.75) is 44.4 Å². The van der Waals surface area contributed by atoms with Crippen LogP contribution in [0.15, 0.2) is 30.9 Å². The summed E-state index contributed by atoms with van der Waals surface area (Å²) in [6, 6.07) is 4.32. The highest BCUT2D eigenvalue weighted by molar-refractivity contribution is 6.05. The second kappa shape index (κ2) is 6.20. The molecule has 2 heterocycles. The first-order chi connectivity index (χ1) is 11.4. The number of aliphatic hydroxyl groups is 1. The van der Waals surface area contributed by atoms with Gasteiger partial charge < -0.3 is 10.0 Å². The normalized spacial score (nSPS) is 24.6. The van der Waals surface area contributed by atoms with E-state index in [1.54, 1.807) is 18.2 Å². The number of amides is 3. The van der Waals surface area contributed by atoms with Crippen molar-refractivity contribution in [2.75, 3.05) is 0 Å². The van der Waals surface area contributed by atoms with Crippen LogP contribution >= 0.6 is 0 Å². The first kappa shape index (κ1) is 16.4. The number of nitrogens with one attached hydrogen (secondary N) is 1. The number of aliphatic hydroxyl groups excluding tert-OH is 1. The molecule has 0 radical (unpaired) electrons. The van der Waals surface area contributed by atoms with Crippen LogP contribution in [0.4, 0.5) is 0 Å². The lowest BCUT2D eigenvalue weighted by molar-refractivity contribution is -0.137. The number of carbonyl (C=O) groups excluding carboxylic acids is 3. The Morgan fingerprint density at radius 3 is 2.83 bits per heavy atom. The van der Waals surface area contributed by atoms with Crippen LogP contribution in [0, 0.1) is 0 Å². The van der Waals surface area contributed by atoms with Crippen molar-refractivity contribution in [3.8, 4) is 0 Å². The lowest BCUT2D eigenvalue weighted by atomic mass is 9.98. The van der Waals surface area contributed by atoms with Crippen molar-refractivity contribution in [1.82, 2.24) is 10.2 Å². The molecule has 1 saturated heterocycles. The summed E-state index contributed by atoms with van der Waals surface area (Å²) < 4.78 is 0. The molecule has 0 aliphatic carbocycles. The van der Waals surface area contributed by atoms with Gasteiger partial charge in [0.05, 0.1) is 12.1 Å². The van der Waals surface area contributed by atoms with E-state index >= 15 is 0 Å². The largest absolute Gasteiger partial charge is 0.388 e. The number of imide groups is 1. The minimum Gasteiger partial charge on any atom is -0.388 e. The number of piperidine rings is 1. The smallest absolute Gasteiger partial charge is 0.255 e. The van der Waals surface area contributed by atoms with E-state index in [1.165, 1.54) is 4.90 Å². The minimum absolute atomic E-state index is 0.211. The summed E-state index contributed by atoms with van der Waals surface area (Å²) in [5, 5.41) is 12.4. The molecule has 1 fully saturated rings. The molecule has 3 atom stereocenters. The Morgan fingerprint density at radius 1 is 1.42 bits per heavy atom. The summed E-state index contributed by atoms with van der Waals surface area (Å²) in [6.07, 6.45) is 1.97. The van der Waals surface area contributed by atoms with Crippen molar-refractivity contribution in [1.29, 1.82) is 0 Å². The number of carbonyl (C=O) groups is 3. The first-order valence-electron chi connectivity index (χ1n) is 8.03. The fraction of sp³-hybridized carbons (Fsp3) is 0.389. The Hall–Kier alpha value is -2.47. The van der Waals surface area contributed by atoms with Gasteiger partial charge in [-0.1, -0.05) is 18.2 Å². The number of nitrogens with zero attached hydrogens (tertiary/aromatic N) is 1. The van der Waals surface area contributed by atoms with Crippen LogP contribution in [-0.4, -0.2) is 33.8 Å². The molecule has 1 aromatic rings. The highest BCUT2D eigenvalue weighted by Crippen LogP contribution is 2.38. The summed E-state index contributed by atoms with van der Waals surface area (Å²) >= 11 is 0. The standard InChI is InChI=1S/C18H20N2O4/c1-3-4-15(21)11-5-6-12-13(9-11)10(2)20(18(12)24)14-7-8-16(22)19-17(14)23/h3,5-6,9-10,14-15,21H,1,4,7-8H2,2H3,(H,19,22,23)/t10-,14?,15-/m1/s1. The quantitative estimate of drug-likeness (QED) is 0.649. The van der Waals surface area contributed by atoms with Gasteiger partial charge in [-0.2, -0.15) is 0 Å². The monoisotopic (exact) mass is 328 g/mol. The lowest BCUT2D eigenvalue weighted by Crippen LogP contribution is -2.53. The second-order valence-corrected chi connectivity index (χ2v) is 6.24. The Morgan fingerprint density at radius 2 is 2.17 bits per heavy atom. The van der Waals surface area contributed by atoms with Gasteiger partial charge in [-0.15, -0.1) is 6.58 Å². The zero-order valence-electron chi connectivity index (χ0n) is 13.5. The second-order valence-electron chi connectivity index (χ2n) is 6.24. The molecular formula is C18H20N2O4. The highest BCUT2D eigenvalue weighted by Gasteiger charge is 2.43. The van der Waals surface area contributed by atoms with Crippen LogP contribution in [0.2, 0.25) is 0 Å². The fourth-order valence-electron chi connectivity index (χ4n) is 3.45. The molecule has 0 saturated carbocycles. The fourth-order valence-corrected chi connectivity index (χ4v) is 3.45. The number of benzene rings is 1. The van der Waals surface area contributed by atoms with Gasteiger partial charge in [-0.3, -0.25) is 19.7 Å². The van der Waals surface area contributed by atoms with Crippen molar-refractivity contribution < 1.29 is 19.5 Å². The van der Waals surface area contributed by atoms with Crippen molar-refractivity contribution in [3.05, 3.63) is 47.5 Å². The van der Waals surface area contributed by atoms with Gasteiger partial charge in [0.15, 0.2) is 0 Å². The third-order valence-corrected chi connectivity index (χ3v) is 4.73. The highest BCUT2D eigenvalue weighted by atomic mass is 16.3. The molecule has 1 unspecified atom stereocenters. The third-order valence-electron chi connectivity index (χ3n) is 4.73. The molecule has 1 aromatic carbocycles. The molecule has 2 N–H and O–H groups in total. The molecule has 3 amide bonds. The van der Waals surface area contributed by atoms with Crippen LogP contribution in [0.25, 0.3) is 0 Å². The third kappa shape index (κ3) is 2.63. The number of hydrogen-bond acceptors (Lipinski definition) is 4. The molecule has 6 heteroatoms. The van der Waals surface area contributed by atoms with Gasteiger partial charge in [0.1, 0.15) is 6.04 Å². The maximum Gasteiger partial charge on any atom is 0.255 e. The van der Waals surface area contributed by atoms with Crippen molar-refractivity contribution in [2.24, 2.45) is 0 Å². The molecule has 6 nitrogen and oxygen atoms in total. The van der Waals surface area contributed by atoms with Crippen LogP contribution in [0.1, 0.15) is 59.8 Å². The zero-order valence-corrected chi connectivity index (χ0v) is 13.5. The molecule has 24 heavy (non-hydrogen) atoms. The van der Waals surface area contributed by atoms with Crippen LogP contribution < -0.4 is 5.32 Å². The van der Waals surface area contributed by atoms with Gasteiger partial charge in [-0.25, -0.2) is 0 Å². The first-order valence-corrected chi connectivity index (χ1v) is 8.03. The molecule has 0 aromatic heterocycles. The molecule has 0 spiro atoms. The van der Waals surface area contributed by atoms with Gasteiger partial charge in [0.25, 0.3) is 5.91 Å². The van der Waals surface area contributed by atoms with Crippen LogP contribution in [0.3, 0.4) is 0 Å². The SMILES string of the molecule is C=CC[C@@H](O)c1ccc2c(c1)[C@@H](C)N(C1CCC(=O)NC1=O)C2=O. The van der Waals surface area contributed by atoms with Gasteiger partial charge >= 0.3 is 0 Å². The van der Waals surface area contributed by atoms with Gasteiger partial charge in [-0.05, 0) is 37.0 Å². The van der Waals surface area contributed by atoms with E-state index in [4.69, 9.17) is 0 Å². The van der Waals surface area contributed by atoms with E-state index in [9.17, 15) is 19.5 Å². The van der Waals surface area contributed by atoms with Crippen LogP contribution in [0.5, 0.6) is 0 Å². The Bertz CT molecular complexity index is 728. The number of rotatable bonds is 4. The van der Waals surface area contributed by atoms with Crippen molar-refractivity contribution >= 4 is 17.7 Å². The number of fused-ring (bicyclic) bond motifs is 1. The van der Waals surface area contributed by atoms with Crippen molar-refractivity contribution in [3.63, 3.8) is 0 Å². The zero-order chi connectivity index (χ0) is 17.4. The predicted octanol–water partition coefficient (Wildman–Crippen LogP) is 1.62. The topological polar surface area (TPSA) is 86.7 Å². The minimum atomic E-state index is -0.667. The van der Waals surface area contributed by atoms with E-state index in [0.29, 0.717) is 18.4 Å². The van der Waals surface area contributed by atoms with E-state index < -0.39 is 18.1 Å². The average molecular weight is 328 g/mol. The molecule has 2 aliphatic rings. The number of hydrogen-bond donors (Lipinski definition) is 2. The van der Waals surface area contributed by atoms with E-state index in [0.717, 1.165) is 11.1 Å². The maximum atomic E-state index is 12.7. The summed E-state index contributed by atoms with van der Waals surface area (Å²) in [5.74, 6) is -0.939. The lowest BCUT2D eigenvalue weighted by Gasteiger charge is -2.32. The summed E-state index contributed by atoms with van der Waals surface area (Å²) in [4.78, 5) is 37.7. The Kier molecular flexibility index (Phi) is 4.24. The summed E-state index contributed by atoms with van der Waals surface area (Å²) in [6.45, 7) is 5.48. The summed E-state index contributed by atoms with van der Waals surface area (Å²) in [5.41, 5.74) is 2.06. The van der Waals surface area contributed by atoms with E-state index in [2.05, 4.69) is 11.9 Å². The molecular weight excluding hydrogens is 308 g/mol. The average Bonchev–Trinajstić information content (AvgIpc) is 2.79. The van der Waals surface area contributed by atoms with Gasteiger partial charge in [0.2, 0.25) is 11.8 Å². The maximum absolute atomic E-state index is 12.7. The van der Waals surface area contributed by atoms with E-state index in [-0.39, 0.29) is 24.3 Å². The Balaban J connectivity index is 1.90.